The summed E-state index contributed by atoms with van der Waals surface area (Å²) in [6, 6.07) is 4.86. The molecule has 0 bridgehead atoms. The highest BCUT2D eigenvalue weighted by Crippen LogP contribution is 2.28. The van der Waals surface area contributed by atoms with Crippen molar-refractivity contribution >= 4 is 23.1 Å². The first kappa shape index (κ1) is 12.1. The second-order valence-corrected chi connectivity index (χ2v) is 6.72. The molecule has 14 heavy (non-hydrogen) atoms. The van der Waals surface area contributed by atoms with Gasteiger partial charge in [-0.25, -0.2) is 0 Å². The topological polar surface area (TPSA) is 12.0 Å². The summed E-state index contributed by atoms with van der Waals surface area (Å²) in [6.07, 6.45) is 0. The first-order chi connectivity index (χ1) is 6.54. The molecule has 0 aliphatic carbocycles. The zero-order valence-corrected chi connectivity index (χ0v) is 11.0. The molecule has 0 aliphatic heterocycles. The van der Waals surface area contributed by atoms with Crippen molar-refractivity contribution in [3.63, 3.8) is 0 Å². The molecule has 1 nitrogen and oxygen atoms in total. The van der Waals surface area contributed by atoms with Crippen LogP contribution in [0, 0.1) is 5.41 Å². The van der Waals surface area contributed by atoms with Gasteiger partial charge in [-0.15, -0.1) is 23.1 Å². The van der Waals surface area contributed by atoms with Crippen LogP contribution in [-0.4, -0.2) is 18.8 Å². The Hall–Kier alpha value is 0.01000. The maximum atomic E-state index is 3.39. The molecule has 0 saturated carbocycles. The van der Waals surface area contributed by atoms with Crippen LogP contribution in [0.1, 0.15) is 20.8 Å². The zero-order chi connectivity index (χ0) is 10.6. The van der Waals surface area contributed by atoms with E-state index in [0.717, 1.165) is 5.75 Å². The average molecular weight is 229 g/mol. The van der Waals surface area contributed by atoms with E-state index in [1.165, 1.54) is 4.21 Å². The monoisotopic (exact) mass is 229 g/mol. The SMILES string of the molecule is CNC(CSc1cccs1)C(C)(C)C. The molecule has 3 heteroatoms. The molecule has 1 rings (SSSR count). The smallest absolute Gasteiger partial charge is 0.0599 e. The van der Waals surface area contributed by atoms with Crippen molar-refractivity contribution in [2.45, 2.75) is 31.0 Å². The van der Waals surface area contributed by atoms with Gasteiger partial charge in [0.15, 0.2) is 0 Å². The Balaban J connectivity index is 2.43. The summed E-state index contributed by atoms with van der Waals surface area (Å²) in [5.41, 5.74) is 0.332. The lowest BCUT2D eigenvalue weighted by atomic mass is 9.88. The van der Waals surface area contributed by atoms with Crippen LogP contribution >= 0.6 is 23.1 Å². The van der Waals surface area contributed by atoms with E-state index in [9.17, 15) is 0 Å². The van der Waals surface area contributed by atoms with E-state index >= 15 is 0 Å². The Morgan fingerprint density at radius 3 is 2.64 bits per heavy atom. The van der Waals surface area contributed by atoms with Gasteiger partial charge in [0.05, 0.1) is 4.21 Å². The Morgan fingerprint density at radius 1 is 1.50 bits per heavy atom. The van der Waals surface area contributed by atoms with Gasteiger partial charge in [-0.05, 0) is 23.9 Å². The third-order valence-corrected chi connectivity index (χ3v) is 4.51. The number of hydrogen-bond donors (Lipinski definition) is 1. The van der Waals surface area contributed by atoms with Gasteiger partial charge in [-0.1, -0.05) is 26.8 Å². The van der Waals surface area contributed by atoms with Gasteiger partial charge in [0.2, 0.25) is 0 Å². The maximum Gasteiger partial charge on any atom is 0.0599 e. The van der Waals surface area contributed by atoms with Crippen LogP contribution < -0.4 is 5.32 Å². The molecule has 0 radical (unpaired) electrons. The fraction of sp³-hybridized carbons (Fsp3) is 0.636. The van der Waals surface area contributed by atoms with Crippen molar-refractivity contribution < 1.29 is 0 Å². The van der Waals surface area contributed by atoms with E-state index < -0.39 is 0 Å². The molecule has 0 aromatic carbocycles. The highest BCUT2D eigenvalue weighted by molar-refractivity contribution is 8.01. The van der Waals surface area contributed by atoms with Crippen molar-refractivity contribution in [2.75, 3.05) is 12.8 Å². The minimum absolute atomic E-state index is 0.332. The van der Waals surface area contributed by atoms with Crippen molar-refractivity contribution in [2.24, 2.45) is 5.41 Å². The summed E-state index contributed by atoms with van der Waals surface area (Å²) in [7, 11) is 2.05. The van der Waals surface area contributed by atoms with Crippen molar-refractivity contribution in [1.29, 1.82) is 0 Å². The third kappa shape index (κ3) is 3.64. The minimum atomic E-state index is 0.332. The molecule has 0 spiro atoms. The van der Waals surface area contributed by atoms with Crippen LogP contribution in [0.25, 0.3) is 0 Å². The minimum Gasteiger partial charge on any atom is -0.316 e. The summed E-state index contributed by atoms with van der Waals surface area (Å²) < 4.78 is 1.41. The van der Waals surface area contributed by atoms with Crippen LogP contribution in [-0.2, 0) is 0 Å². The maximum absolute atomic E-state index is 3.39. The molecule has 1 unspecified atom stereocenters. The fourth-order valence-electron chi connectivity index (χ4n) is 1.28. The first-order valence-corrected chi connectivity index (χ1v) is 6.74. The largest absolute Gasteiger partial charge is 0.316 e. The number of thiophene rings is 1. The lowest BCUT2D eigenvalue weighted by molar-refractivity contribution is 0.305. The molecule has 1 heterocycles. The van der Waals surface area contributed by atoms with E-state index in [0.29, 0.717) is 11.5 Å². The zero-order valence-electron chi connectivity index (χ0n) is 9.33. The Bertz CT molecular complexity index is 249. The summed E-state index contributed by atoms with van der Waals surface area (Å²) >= 11 is 3.76. The van der Waals surface area contributed by atoms with E-state index in [2.05, 4.69) is 43.6 Å². The van der Waals surface area contributed by atoms with Gasteiger partial charge in [0, 0.05) is 11.8 Å². The molecule has 1 atom stereocenters. The molecular formula is C11H19NS2. The number of hydrogen-bond acceptors (Lipinski definition) is 3. The van der Waals surface area contributed by atoms with Gasteiger partial charge in [0.25, 0.3) is 0 Å². The van der Waals surface area contributed by atoms with Crippen LogP contribution in [0.15, 0.2) is 21.7 Å². The van der Waals surface area contributed by atoms with Crippen molar-refractivity contribution in [1.82, 2.24) is 5.32 Å². The second kappa shape index (κ2) is 5.19. The predicted molar refractivity (Wildman–Crippen MR) is 67.3 cm³/mol. The quantitative estimate of drug-likeness (QED) is 0.793. The van der Waals surface area contributed by atoms with E-state index in [1.54, 1.807) is 0 Å². The molecule has 1 N–H and O–H groups in total. The van der Waals surface area contributed by atoms with Gasteiger partial charge in [0.1, 0.15) is 0 Å². The Morgan fingerprint density at radius 2 is 2.21 bits per heavy atom. The summed E-state index contributed by atoms with van der Waals surface area (Å²) in [6.45, 7) is 6.84. The number of thioether (sulfide) groups is 1. The Kier molecular flexibility index (Phi) is 4.48. The summed E-state index contributed by atoms with van der Waals surface area (Å²) in [5.74, 6) is 1.14. The van der Waals surface area contributed by atoms with Gasteiger partial charge >= 0.3 is 0 Å². The van der Waals surface area contributed by atoms with Crippen LogP contribution in [0.5, 0.6) is 0 Å². The fourth-order valence-corrected chi connectivity index (χ4v) is 3.54. The lowest BCUT2D eigenvalue weighted by Crippen LogP contribution is -2.39. The standard InChI is InChI=1S/C11H19NS2/c1-11(2,3)9(12-4)8-14-10-6-5-7-13-10/h5-7,9,12H,8H2,1-4H3. The normalized spacial score (nSPS) is 14.3. The van der Waals surface area contributed by atoms with Crippen LogP contribution in [0.3, 0.4) is 0 Å². The molecule has 0 saturated heterocycles. The van der Waals surface area contributed by atoms with Crippen molar-refractivity contribution in [3.05, 3.63) is 17.5 Å². The lowest BCUT2D eigenvalue weighted by Gasteiger charge is -2.29. The van der Waals surface area contributed by atoms with E-state index in [1.807, 2.05) is 30.1 Å². The van der Waals surface area contributed by atoms with Crippen LogP contribution in [0.2, 0.25) is 0 Å². The van der Waals surface area contributed by atoms with Crippen LogP contribution in [0.4, 0.5) is 0 Å². The van der Waals surface area contributed by atoms with Gasteiger partial charge in [-0.2, -0.15) is 0 Å². The second-order valence-electron chi connectivity index (χ2n) is 4.45. The molecule has 0 amide bonds. The molecule has 1 aromatic heterocycles. The predicted octanol–water partition coefficient (Wildman–Crippen LogP) is 3.47. The molecule has 0 aliphatic rings. The molecular weight excluding hydrogens is 210 g/mol. The average Bonchev–Trinajstić information content (AvgIpc) is 2.55. The molecule has 0 fully saturated rings. The van der Waals surface area contributed by atoms with Crippen molar-refractivity contribution in [3.8, 4) is 0 Å². The summed E-state index contributed by atoms with van der Waals surface area (Å²) in [4.78, 5) is 0. The Labute approximate surface area is 95.3 Å². The van der Waals surface area contributed by atoms with E-state index in [-0.39, 0.29) is 0 Å². The highest BCUT2D eigenvalue weighted by atomic mass is 32.2. The molecule has 1 aromatic rings. The number of rotatable bonds is 4. The van der Waals surface area contributed by atoms with Gasteiger partial charge < -0.3 is 5.32 Å². The summed E-state index contributed by atoms with van der Waals surface area (Å²) in [5, 5.41) is 5.52. The third-order valence-electron chi connectivity index (χ3n) is 2.28. The first-order valence-electron chi connectivity index (χ1n) is 4.87. The van der Waals surface area contributed by atoms with E-state index in [4.69, 9.17) is 0 Å². The highest BCUT2D eigenvalue weighted by Gasteiger charge is 2.22. The number of nitrogens with one attached hydrogen (secondary N) is 1. The van der Waals surface area contributed by atoms with Gasteiger partial charge in [-0.3, -0.25) is 0 Å². The molecule has 80 valence electrons.